The first-order valence-electron chi connectivity index (χ1n) is 17.3. The lowest BCUT2D eigenvalue weighted by Gasteiger charge is -2.36. The number of carbonyl (C=O) groups excluding carboxylic acids is 6. The van der Waals surface area contributed by atoms with Crippen molar-refractivity contribution < 1.29 is 33.5 Å². The van der Waals surface area contributed by atoms with E-state index < -0.39 is 59.0 Å². The van der Waals surface area contributed by atoms with Gasteiger partial charge in [0.05, 0.1) is 12.6 Å². The summed E-state index contributed by atoms with van der Waals surface area (Å²) in [6.45, 7) is 15.6. The molecule has 1 aromatic rings. The van der Waals surface area contributed by atoms with E-state index in [-0.39, 0.29) is 19.1 Å². The molecular weight excluding hydrogens is 614 g/mol. The molecule has 272 valence electrons. The third-order valence-electron chi connectivity index (χ3n) is 7.26. The Labute approximate surface area is 287 Å². The highest BCUT2D eigenvalue weighted by Gasteiger charge is 2.43. The van der Waals surface area contributed by atoms with Gasteiger partial charge >= 0.3 is 12.0 Å². The van der Waals surface area contributed by atoms with Crippen molar-refractivity contribution in [2.24, 2.45) is 17.1 Å². The lowest BCUT2D eigenvalue weighted by Crippen LogP contribution is -2.60. The Morgan fingerprint density at radius 1 is 0.833 bits per heavy atom. The van der Waals surface area contributed by atoms with Crippen molar-refractivity contribution in [3.8, 4) is 0 Å². The van der Waals surface area contributed by atoms with Crippen LogP contribution >= 0.6 is 0 Å². The molecule has 2 aliphatic rings. The van der Waals surface area contributed by atoms with Gasteiger partial charge in [0, 0.05) is 6.54 Å². The number of rotatable bonds is 11. The number of likely N-dealkylation sites (tertiary alicyclic amines) is 1. The fourth-order valence-electron chi connectivity index (χ4n) is 4.78. The zero-order valence-corrected chi connectivity index (χ0v) is 30.4. The molecular formula is C36H61N5O7. The van der Waals surface area contributed by atoms with Crippen LogP contribution in [0.25, 0.3) is 0 Å². The van der Waals surface area contributed by atoms with Gasteiger partial charge < -0.3 is 31.3 Å². The van der Waals surface area contributed by atoms with Gasteiger partial charge in [-0.05, 0) is 37.5 Å². The maximum absolute atomic E-state index is 13.5. The zero-order chi connectivity index (χ0) is 36.7. The van der Waals surface area contributed by atoms with Crippen molar-refractivity contribution in [1.82, 2.24) is 20.9 Å². The van der Waals surface area contributed by atoms with Crippen LogP contribution in [-0.4, -0.2) is 78.2 Å². The predicted octanol–water partition coefficient (Wildman–Crippen LogP) is 4.50. The Morgan fingerprint density at radius 3 is 1.77 bits per heavy atom. The van der Waals surface area contributed by atoms with Crippen molar-refractivity contribution in [2.45, 2.75) is 125 Å². The van der Waals surface area contributed by atoms with Crippen LogP contribution in [0.15, 0.2) is 36.4 Å². The summed E-state index contributed by atoms with van der Waals surface area (Å²) in [6, 6.07) is 8.41. The SMILES string of the molecule is CCC.CCC.CCOC(=O)CNC(=O)NC(C(=O)N1CCC[C@H]1C(=O)NC(CC1CCC1)C(=O)C(N)=O)C(C)(C)C.c1ccccc1. The molecule has 1 aromatic carbocycles. The summed E-state index contributed by atoms with van der Waals surface area (Å²) in [7, 11) is 0. The van der Waals surface area contributed by atoms with Crippen LogP contribution in [0.3, 0.4) is 0 Å². The van der Waals surface area contributed by atoms with Crippen LogP contribution < -0.4 is 21.7 Å². The fourth-order valence-corrected chi connectivity index (χ4v) is 4.78. The van der Waals surface area contributed by atoms with Gasteiger partial charge in [0.15, 0.2) is 0 Å². The van der Waals surface area contributed by atoms with E-state index in [0.29, 0.717) is 25.8 Å². The van der Waals surface area contributed by atoms with Gasteiger partial charge in [-0.3, -0.25) is 24.0 Å². The van der Waals surface area contributed by atoms with E-state index in [1.54, 1.807) is 27.7 Å². The molecule has 3 atom stereocenters. The predicted molar refractivity (Wildman–Crippen MR) is 188 cm³/mol. The molecule has 3 rings (SSSR count). The van der Waals surface area contributed by atoms with Crippen molar-refractivity contribution in [3.63, 3.8) is 0 Å². The van der Waals surface area contributed by atoms with E-state index in [1.807, 2.05) is 36.4 Å². The first-order chi connectivity index (χ1) is 22.7. The van der Waals surface area contributed by atoms with Crippen LogP contribution in [-0.2, 0) is 28.7 Å². The molecule has 1 saturated carbocycles. The Balaban J connectivity index is 0.00000156. The molecule has 0 radical (unpaired) electrons. The van der Waals surface area contributed by atoms with Gasteiger partial charge in [0.1, 0.15) is 18.6 Å². The molecule has 1 saturated heterocycles. The van der Waals surface area contributed by atoms with Gasteiger partial charge in [0.2, 0.25) is 17.6 Å². The number of carbonyl (C=O) groups is 6. The molecule has 12 heteroatoms. The summed E-state index contributed by atoms with van der Waals surface area (Å²) in [5.74, 6) is -3.31. The van der Waals surface area contributed by atoms with Gasteiger partial charge in [-0.2, -0.15) is 0 Å². The summed E-state index contributed by atoms with van der Waals surface area (Å²) < 4.78 is 4.78. The Kier molecular flexibility index (Phi) is 22.2. The molecule has 48 heavy (non-hydrogen) atoms. The van der Waals surface area contributed by atoms with E-state index in [1.165, 1.54) is 17.7 Å². The van der Waals surface area contributed by atoms with Crippen molar-refractivity contribution in [2.75, 3.05) is 19.7 Å². The lowest BCUT2D eigenvalue weighted by atomic mass is 9.80. The normalized spacial score (nSPS) is 16.3. The van der Waals surface area contributed by atoms with E-state index in [9.17, 15) is 28.8 Å². The number of ether oxygens (including phenoxy) is 1. The average molecular weight is 676 g/mol. The third kappa shape index (κ3) is 17.3. The van der Waals surface area contributed by atoms with Gasteiger partial charge in [-0.1, -0.05) is 117 Å². The number of urea groups is 1. The molecule has 0 spiro atoms. The molecule has 5 N–H and O–H groups in total. The van der Waals surface area contributed by atoms with E-state index in [0.717, 1.165) is 19.3 Å². The summed E-state index contributed by atoms with van der Waals surface area (Å²) in [6.07, 6.45) is 6.65. The van der Waals surface area contributed by atoms with Gasteiger partial charge in [-0.15, -0.1) is 0 Å². The van der Waals surface area contributed by atoms with E-state index >= 15 is 0 Å². The lowest BCUT2D eigenvalue weighted by molar-refractivity contribution is -0.143. The molecule has 1 aliphatic carbocycles. The number of primary amides is 1. The third-order valence-corrected chi connectivity index (χ3v) is 7.26. The molecule has 1 heterocycles. The second-order valence-corrected chi connectivity index (χ2v) is 13.0. The number of amides is 5. The maximum Gasteiger partial charge on any atom is 0.325 e. The summed E-state index contributed by atoms with van der Waals surface area (Å²) in [4.78, 5) is 75.9. The maximum atomic E-state index is 13.5. The van der Waals surface area contributed by atoms with Crippen LogP contribution in [0, 0.1) is 11.3 Å². The average Bonchev–Trinajstić information content (AvgIpc) is 3.51. The standard InChI is InChI=1S/C24H39N5O7.C6H6.2C3H8/c1-5-36-17(30)13-26-23(35)28-19(24(2,3)4)22(34)29-11-7-10-16(29)21(33)27-15(18(31)20(25)32)12-14-8-6-9-14;1-2-4-6-5-3-1;2*1-3-2/h14-16,19H,5-13H2,1-4H3,(H2,25,32)(H,27,33)(H2,26,28,35);1-6H;2*3H2,1-2H3/t15?,16-,19?;;;/m0.../s1. The van der Waals surface area contributed by atoms with Crippen molar-refractivity contribution in [1.29, 1.82) is 0 Å². The monoisotopic (exact) mass is 675 g/mol. The molecule has 0 aromatic heterocycles. The minimum absolute atomic E-state index is 0.177. The molecule has 12 nitrogen and oxygen atoms in total. The second kappa shape index (κ2) is 24.2. The van der Waals surface area contributed by atoms with Crippen LogP contribution in [0.1, 0.15) is 107 Å². The Morgan fingerprint density at radius 2 is 1.35 bits per heavy atom. The second-order valence-electron chi connectivity index (χ2n) is 13.0. The fraction of sp³-hybridized carbons (Fsp3) is 0.667. The number of nitrogens with one attached hydrogen (secondary N) is 3. The molecule has 2 fully saturated rings. The van der Waals surface area contributed by atoms with Gasteiger partial charge in [-0.25, -0.2) is 4.79 Å². The van der Waals surface area contributed by atoms with Crippen LogP contribution in [0.4, 0.5) is 4.79 Å². The smallest absolute Gasteiger partial charge is 0.325 e. The Hall–Kier alpha value is -3.96. The number of Topliss-reactive ketones (excluding diaryl/α,β-unsaturated/α-hetero) is 1. The minimum Gasteiger partial charge on any atom is -0.465 e. The van der Waals surface area contributed by atoms with E-state index in [2.05, 4.69) is 43.6 Å². The minimum atomic E-state index is -1.11. The summed E-state index contributed by atoms with van der Waals surface area (Å²) >= 11 is 0. The number of nitrogens with zero attached hydrogens (tertiary/aromatic N) is 1. The topological polar surface area (TPSA) is 177 Å². The van der Waals surface area contributed by atoms with Crippen LogP contribution in [0.2, 0.25) is 0 Å². The molecule has 5 amide bonds. The van der Waals surface area contributed by atoms with Crippen molar-refractivity contribution in [3.05, 3.63) is 36.4 Å². The first-order valence-corrected chi connectivity index (χ1v) is 17.3. The summed E-state index contributed by atoms with van der Waals surface area (Å²) in [5, 5.41) is 7.63. The number of esters is 1. The molecule has 0 bridgehead atoms. The number of nitrogens with two attached hydrogens (primary N) is 1. The van der Waals surface area contributed by atoms with Crippen molar-refractivity contribution >= 4 is 35.5 Å². The van der Waals surface area contributed by atoms with Gasteiger partial charge in [0.25, 0.3) is 5.91 Å². The molecule has 1 aliphatic heterocycles. The highest BCUT2D eigenvalue weighted by Crippen LogP contribution is 2.31. The largest absolute Gasteiger partial charge is 0.465 e. The van der Waals surface area contributed by atoms with E-state index in [4.69, 9.17) is 10.5 Å². The zero-order valence-electron chi connectivity index (χ0n) is 30.4. The highest BCUT2D eigenvalue weighted by molar-refractivity contribution is 6.37. The first kappa shape index (κ1) is 44.0. The number of hydrogen-bond donors (Lipinski definition) is 4. The quantitative estimate of drug-likeness (QED) is 0.197. The molecule has 2 unspecified atom stereocenters. The highest BCUT2D eigenvalue weighted by atomic mass is 16.5. The number of benzene rings is 1. The number of hydrogen-bond acceptors (Lipinski definition) is 7. The summed E-state index contributed by atoms with van der Waals surface area (Å²) in [5.41, 5.74) is 4.48. The Bertz CT molecular complexity index is 1090. The van der Waals surface area contributed by atoms with Crippen LogP contribution in [0.5, 0.6) is 0 Å². The number of ketones is 1.